The second kappa shape index (κ2) is 7.73. The van der Waals surface area contributed by atoms with Gasteiger partial charge in [0, 0.05) is 24.0 Å². The molecule has 0 spiro atoms. The number of halogens is 3. The molecule has 140 valence electrons. The van der Waals surface area contributed by atoms with E-state index in [1.54, 1.807) is 36.4 Å². The number of aromatic nitrogens is 2. The van der Waals surface area contributed by atoms with Crippen LogP contribution in [0.15, 0.2) is 60.9 Å². The summed E-state index contributed by atoms with van der Waals surface area (Å²) in [6.45, 7) is -0.393. The van der Waals surface area contributed by atoms with Gasteiger partial charge in [0.1, 0.15) is 11.9 Å². The molecular weight excluding hydrogens is 361 g/mol. The average molecular weight is 376 g/mol. The van der Waals surface area contributed by atoms with Crippen LogP contribution in [0.5, 0.6) is 11.6 Å². The summed E-state index contributed by atoms with van der Waals surface area (Å²) in [5.74, 6) is 0.444. The minimum atomic E-state index is -4.45. The number of benzene rings is 1. The van der Waals surface area contributed by atoms with Crippen molar-refractivity contribution in [3.63, 3.8) is 0 Å². The first-order valence-electron chi connectivity index (χ1n) is 7.93. The van der Waals surface area contributed by atoms with E-state index in [0.717, 1.165) is 17.7 Å². The first-order valence-corrected chi connectivity index (χ1v) is 7.93. The molecule has 0 fully saturated rings. The van der Waals surface area contributed by atoms with Crippen molar-refractivity contribution >= 4 is 0 Å². The van der Waals surface area contributed by atoms with Gasteiger partial charge in [-0.15, -0.1) is 0 Å². The summed E-state index contributed by atoms with van der Waals surface area (Å²) in [5.41, 5.74) is 1.03. The molecule has 1 atom stereocenters. The zero-order chi connectivity index (χ0) is 19.4. The number of rotatable bonds is 5. The van der Waals surface area contributed by atoms with Crippen LogP contribution in [-0.2, 0) is 6.18 Å². The molecule has 27 heavy (non-hydrogen) atoms. The molecule has 5 nitrogen and oxygen atoms in total. The Balaban J connectivity index is 1.74. The molecule has 0 aliphatic carbocycles. The Morgan fingerprint density at radius 3 is 2.33 bits per heavy atom. The van der Waals surface area contributed by atoms with Crippen molar-refractivity contribution < 1.29 is 28.1 Å². The van der Waals surface area contributed by atoms with Crippen molar-refractivity contribution in [3.8, 4) is 22.9 Å². The number of hydrogen-bond acceptors (Lipinski definition) is 5. The van der Waals surface area contributed by atoms with Gasteiger partial charge in [-0.2, -0.15) is 13.2 Å². The largest absolute Gasteiger partial charge is 0.439 e. The normalized spacial score (nSPS) is 12.6. The molecule has 0 aliphatic rings. The predicted molar refractivity (Wildman–Crippen MR) is 91.0 cm³/mol. The van der Waals surface area contributed by atoms with E-state index in [0.29, 0.717) is 23.2 Å². The van der Waals surface area contributed by atoms with Crippen molar-refractivity contribution in [2.45, 2.75) is 12.3 Å². The van der Waals surface area contributed by atoms with Crippen LogP contribution in [0.2, 0.25) is 0 Å². The van der Waals surface area contributed by atoms with Gasteiger partial charge in [-0.1, -0.05) is 0 Å². The van der Waals surface area contributed by atoms with Gasteiger partial charge in [0.05, 0.1) is 17.9 Å². The highest BCUT2D eigenvalue weighted by Gasteiger charge is 2.30. The quantitative estimate of drug-likeness (QED) is 0.705. The first-order chi connectivity index (χ1) is 12.9. The molecular formula is C19H15F3N2O3. The van der Waals surface area contributed by atoms with Crippen LogP contribution >= 0.6 is 0 Å². The number of pyridine rings is 2. The fraction of sp³-hybridized carbons (Fsp3) is 0.158. The van der Waals surface area contributed by atoms with E-state index in [1.807, 2.05) is 0 Å². The average Bonchev–Trinajstić information content (AvgIpc) is 2.68. The van der Waals surface area contributed by atoms with E-state index in [2.05, 4.69) is 9.97 Å². The van der Waals surface area contributed by atoms with Crippen LogP contribution in [0.4, 0.5) is 13.2 Å². The van der Waals surface area contributed by atoms with E-state index in [9.17, 15) is 18.3 Å². The van der Waals surface area contributed by atoms with Gasteiger partial charge in [-0.05, 0) is 48.0 Å². The summed E-state index contributed by atoms with van der Waals surface area (Å²) < 4.78 is 43.1. The SMILES string of the molecule is OC[C@@H](O)c1ccnc(-c2ccc(Oc3ccc(C(F)(F)F)cn3)cc2)c1. The molecule has 0 aliphatic heterocycles. The third-order valence-corrected chi connectivity index (χ3v) is 3.78. The molecule has 0 radical (unpaired) electrons. The Labute approximate surface area is 152 Å². The van der Waals surface area contributed by atoms with Crippen molar-refractivity contribution in [2.24, 2.45) is 0 Å². The van der Waals surface area contributed by atoms with Gasteiger partial charge in [0.25, 0.3) is 0 Å². The van der Waals surface area contributed by atoms with Crippen molar-refractivity contribution in [3.05, 3.63) is 72.1 Å². The molecule has 0 saturated carbocycles. The van der Waals surface area contributed by atoms with Crippen LogP contribution in [0.25, 0.3) is 11.3 Å². The Hall–Kier alpha value is -2.97. The third kappa shape index (κ3) is 4.60. The zero-order valence-electron chi connectivity index (χ0n) is 13.9. The summed E-state index contributed by atoms with van der Waals surface area (Å²) in [7, 11) is 0. The monoisotopic (exact) mass is 376 g/mol. The molecule has 2 N–H and O–H groups in total. The molecule has 0 unspecified atom stereocenters. The molecule has 2 aromatic heterocycles. The lowest BCUT2D eigenvalue weighted by molar-refractivity contribution is -0.137. The summed E-state index contributed by atoms with van der Waals surface area (Å²) >= 11 is 0. The van der Waals surface area contributed by atoms with Gasteiger partial charge in [-0.25, -0.2) is 4.98 Å². The standard InChI is InChI=1S/C19H15F3N2O3/c20-19(21,22)14-3-6-18(24-10-14)27-15-4-1-12(2-5-15)16-9-13(7-8-23-16)17(26)11-25/h1-10,17,25-26H,11H2/t17-/m1/s1. The number of ether oxygens (including phenoxy) is 1. The molecule has 0 amide bonds. The number of aliphatic hydroxyl groups excluding tert-OH is 2. The Bertz CT molecular complexity index is 897. The number of hydrogen-bond donors (Lipinski definition) is 2. The lowest BCUT2D eigenvalue weighted by Crippen LogP contribution is -2.05. The topological polar surface area (TPSA) is 75.5 Å². The van der Waals surface area contributed by atoms with Crippen LogP contribution in [0.3, 0.4) is 0 Å². The highest BCUT2D eigenvalue weighted by atomic mass is 19.4. The number of alkyl halides is 3. The molecule has 0 bridgehead atoms. The smallest absolute Gasteiger partial charge is 0.417 e. The van der Waals surface area contributed by atoms with E-state index >= 15 is 0 Å². The maximum Gasteiger partial charge on any atom is 0.417 e. The van der Waals surface area contributed by atoms with Crippen molar-refractivity contribution in [2.75, 3.05) is 6.61 Å². The first kappa shape index (κ1) is 18.8. The highest BCUT2D eigenvalue weighted by molar-refractivity contribution is 5.61. The number of aliphatic hydroxyl groups is 2. The maximum atomic E-state index is 12.5. The van der Waals surface area contributed by atoms with Gasteiger partial charge in [-0.3, -0.25) is 4.98 Å². The van der Waals surface area contributed by atoms with Crippen LogP contribution < -0.4 is 4.74 Å². The molecule has 0 saturated heterocycles. The maximum absolute atomic E-state index is 12.5. The summed E-state index contributed by atoms with van der Waals surface area (Å²) in [6.07, 6.45) is -3.19. The third-order valence-electron chi connectivity index (χ3n) is 3.78. The second-order valence-corrected chi connectivity index (χ2v) is 5.68. The minimum Gasteiger partial charge on any atom is -0.439 e. The Morgan fingerprint density at radius 1 is 1.00 bits per heavy atom. The van der Waals surface area contributed by atoms with Crippen LogP contribution in [0.1, 0.15) is 17.2 Å². The van der Waals surface area contributed by atoms with Crippen LogP contribution in [0, 0.1) is 0 Å². The van der Waals surface area contributed by atoms with Crippen molar-refractivity contribution in [1.82, 2.24) is 9.97 Å². The molecule has 3 rings (SSSR count). The van der Waals surface area contributed by atoms with E-state index in [4.69, 9.17) is 9.84 Å². The molecule has 8 heteroatoms. The molecule has 3 aromatic rings. The van der Waals surface area contributed by atoms with Gasteiger partial charge in [0.15, 0.2) is 0 Å². The molecule has 1 aromatic carbocycles. The van der Waals surface area contributed by atoms with Gasteiger partial charge >= 0.3 is 6.18 Å². The summed E-state index contributed by atoms with van der Waals surface area (Å²) in [5, 5.41) is 18.7. The Kier molecular flexibility index (Phi) is 5.38. The van der Waals surface area contributed by atoms with Crippen molar-refractivity contribution in [1.29, 1.82) is 0 Å². The lowest BCUT2D eigenvalue weighted by Gasteiger charge is -2.10. The van der Waals surface area contributed by atoms with Crippen LogP contribution in [-0.4, -0.2) is 26.8 Å². The lowest BCUT2D eigenvalue weighted by atomic mass is 10.1. The van der Waals surface area contributed by atoms with Gasteiger partial charge in [0.2, 0.25) is 5.88 Å². The summed E-state index contributed by atoms with van der Waals surface area (Å²) in [6, 6.07) is 12.0. The summed E-state index contributed by atoms with van der Waals surface area (Å²) in [4.78, 5) is 7.88. The second-order valence-electron chi connectivity index (χ2n) is 5.68. The fourth-order valence-electron chi connectivity index (χ4n) is 2.34. The Morgan fingerprint density at radius 2 is 1.74 bits per heavy atom. The predicted octanol–water partition coefficient (Wildman–Crippen LogP) is 3.98. The van der Waals surface area contributed by atoms with E-state index in [1.165, 1.54) is 6.20 Å². The molecule has 2 heterocycles. The highest BCUT2D eigenvalue weighted by Crippen LogP contribution is 2.30. The number of nitrogens with zero attached hydrogens (tertiary/aromatic N) is 2. The van der Waals surface area contributed by atoms with E-state index in [-0.39, 0.29) is 5.88 Å². The fourth-order valence-corrected chi connectivity index (χ4v) is 2.34. The van der Waals surface area contributed by atoms with Gasteiger partial charge < -0.3 is 14.9 Å². The zero-order valence-corrected chi connectivity index (χ0v) is 13.9. The minimum absolute atomic E-state index is 0.0435. The van der Waals surface area contributed by atoms with E-state index < -0.39 is 24.5 Å².